The van der Waals surface area contributed by atoms with Gasteiger partial charge in [-0.1, -0.05) is 25.4 Å². The quantitative estimate of drug-likeness (QED) is 0.666. The van der Waals surface area contributed by atoms with Gasteiger partial charge in [0, 0.05) is 16.9 Å². The van der Waals surface area contributed by atoms with Crippen molar-refractivity contribution in [2.24, 2.45) is 0 Å². The van der Waals surface area contributed by atoms with Crippen molar-refractivity contribution in [3.05, 3.63) is 28.5 Å². The second kappa shape index (κ2) is 4.43. The maximum absolute atomic E-state index is 5.98. The van der Waals surface area contributed by atoms with Gasteiger partial charge in [0.15, 0.2) is 0 Å². The first kappa shape index (κ1) is 11.4. The molecule has 2 nitrogen and oxygen atoms in total. The van der Waals surface area contributed by atoms with Crippen molar-refractivity contribution < 1.29 is 5.48 Å². The van der Waals surface area contributed by atoms with Crippen molar-refractivity contribution in [3.8, 4) is 0 Å². The number of rotatable bonds is 1. The largest absolute Gasteiger partial charge is 0.412 e. The lowest BCUT2D eigenvalue weighted by atomic mass is 10.0. The van der Waals surface area contributed by atoms with Crippen LogP contribution in [0.1, 0.15) is 31.0 Å². The van der Waals surface area contributed by atoms with Crippen LogP contribution in [0.25, 0.3) is 0 Å². The molecule has 0 saturated heterocycles. The number of hydrogen-bond acceptors (Lipinski definition) is 1. The van der Waals surface area contributed by atoms with Crippen LogP contribution in [0.5, 0.6) is 0 Å². The van der Waals surface area contributed by atoms with Crippen LogP contribution < -0.4 is 0 Å². The van der Waals surface area contributed by atoms with Crippen molar-refractivity contribution in [1.82, 2.24) is 4.98 Å². The maximum Gasteiger partial charge on any atom is 0.0473 e. The second-order valence-corrected chi connectivity index (χ2v) is 3.35. The Morgan fingerprint density at radius 2 is 2.00 bits per heavy atom. The van der Waals surface area contributed by atoms with Crippen LogP contribution in [0.3, 0.4) is 0 Å². The molecule has 1 heterocycles. The molecular weight excluding hydrogens is 174 g/mol. The average Bonchev–Trinajstić information content (AvgIpc) is 1.85. The van der Waals surface area contributed by atoms with Gasteiger partial charge in [-0.05, 0) is 24.5 Å². The Balaban J connectivity index is 0.00000121. The summed E-state index contributed by atoms with van der Waals surface area (Å²) in [5.41, 5.74) is 2.20. The van der Waals surface area contributed by atoms with Crippen LogP contribution in [-0.4, -0.2) is 10.5 Å². The molecule has 1 aromatic rings. The van der Waals surface area contributed by atoms with Gasteiger partial charge >= 0.3 is 0 Å². The minimum absolute atomic E-state index is 0. The van der Waals surface area contributed by atoms with Crippen molar-refractivity contribution in [2.75, 3.05) is 0 Å². The zero-order valence-electron chi connectivity index (χ0n) is 7.56. The third-order valence-corrected chi connectivity index (χ3v) is 2.04. The highest BCUT2D eigenvalue weighted by Crippen LogP contribution is 2.25. The summed E-state index contributed by atoms with van der Waals surface area (Å²) in [4.78, 5) is 4.18. The molecule has 1 rings (SSSR count). The van der Waals surface area contributed by atoms with Crippen LogP contribution in [-0.2, 0) is 0 Å². The molecule has 0 aliphatic rings. The Bertz CT molecular complexity index is 240. The molecule has 0 saturated carbocycles. The normalized spacial score (nSPS) is 9.75. The van der Waals surface area contributed by atoms with Crippen LogP contribution in [0.2, 0.25) is 5.02 Å². The first-order valence-electron chi connectivity index (χ1n) is 3.74. The van der Waals surface area contributed by atoms with Gasteiger partial charge < -0.3 is 5.48 Å². The molecule has 3 heteroatoms. The monoisotopic (exact) mass is 187 g/mol. The van der Waals surface area contributed by atoms with Gasteiger partial charge in [-0.15, -0.1) is 0 Å². The van der Waals surface area contributed by atoms with E-state index < -0.39 is 0 Å². The highest BCUT2D eigenvalue weighted by molar-refractivity contribution is 6.31. The van der Waals surface area contributed by atoms with Crippen LogP contribution >= 0.6 is 11.6 Å². The summed E-state index contributed by atoms with van der Waals surface area (Å²) in [6.45, 7) is 6.23. The van der Waals surface area contributed by atoms with E-state index in [4.69, 9.17) is 11.6 Å². The fraction of sp³-hybridized carbons (Fsp3) is 0.444. The number of aromatic nitrogens is 1. The molecule has 0 atom stereocenters. The number of halogens is 1. The third kappa shape index (κ3) is 2.19. The molecule has 0 amide bonds. The number of aryl methyl sites for hydroxylation is 1. The summed E-state index contributed by atoms with van der Waals surface area (Å²) in [7, 11) is 0. The highest BCUT2D eigenvalue weighted by Gasteiger charge is 2.07. The Labute approximate surface area is 77.9 Å². The molecule has 12 heavy (non-hydrogen) atoms. The molecule has 0 spiro atoms. The highest BCUT2D eigenvalue weighted by atomic mass is 35.5. The fourth-order valence-electron chi connectivity index (χ4n) is 1.24. The van der Waals surface area contributed by atoms with Crippen molar-refractivity contribution in [1.29, 1.82) is 0 Å². The SMILES string of the molecule is Cc1nccc(Cl)c1C(C)C.O. The van der Waals surface area contributed by atoms with E-state index in [0.717, 1.165) is 16.3 Å². The van der Waals surface area contributed by atoms with Crippen molar-refractivity contribution in [2.45, 2.75) is 26.7 Å². The summed E-state index contributed by atoms with van der Waals surface area (Å²) in [6.07, 6.45) is 1.74. The molecule has 1 aromatic heterocycles. The number of pyridine rings is 1. The van der Waals surface area contributed by atoms with E-state index in [9.17, 15) is 0 Å². The van der Waals surface area contributed by atoms with E-state index in [1.54, 1.807) is 6.20 Å². The van der Waals surface area contributed by atoms with Gasteiger partial charge in [0.05, 0.1) is 0 Å². The maximum atomic E-state index is 5.98. The zero-order valence-corrected chi connectivity index (χ0v) is 8.31. The minimum Gasteiger partial charge on any atom is -0.412 e. The smallest absolute Gasteiger partial charge is 0.0473 e. The predicted octanol–water partition coefficient (Wildman–Crippen LogP) is 2.34. The van der Waals surface area contributed by atoms with E-state index >= 15 is 0 Å². The Kier molecular flexibility index (Phi) is 4.21. The standard InChI is InChI=1S/C9H12ClN.H2O/c1-6(2)9-7(3)11-5-4-8(9)10;/h4-6H,1-3H3;1H2. The van der Waals surface area contributed by atoms with Gasteiger partial charge in [0.2, 0.25) is 0 Å². The lowest BCUT2D eigenvalue weighted by molar-refractivity contribution is 0.824. The van der Waals surface area contributed by atoms with Gasteiger partial charge in [0.25, 0.3) is 0 Å². The Morgan fingerprint density at radius 3 is 2.33 bits per heavy atom. The first-order valence-corrected chi connectivity index (χ1v) is 4.11. The van der Waals surface area contributed by atoms with Crippen LogP contribution in [0.4, 0.5) is 0 Å². The van der Waals surface area contributed by atoms with Gasteiger partial charge in [0.1, 0.15) is 0 Å². The molecule has 0 aliphatic carbocycles. The molecule has 68 valence electrons. The molecule has 0 unspecified atom stereocenters. The van der Waals surface area contributed by atoms with Crippen LogP contribution in [0.15, 0.2) is 12.3 Å². The van der Waals surface area contributed by atoms with E-state index in [1.165, 1.54) is 0 Å². The summed E-state index contributed by atoms with van der Waals surface area (Å²) in [5.74, 6) is 0.455. The summed E-state index contributed by atoms with van der Waals surface area (Å²) in [5, 5.41) is 0.826. The summed E-state index contributed by atoms with van der Waals surface area (Å²) in [6, 6.07) is 1.84. The Morgan fingerprint density at radius 1 is 1.42 bits per heavy atom. The van der Waals surface area contributed by atoms with Gasteiger partial charge in [-0.25, -0.2) is 0 Å². The van der Waals surface area contributed by atoms with Gasteiger partial charge in [-0.3, -0.25) is 4.98 Å². The molecule has 0 fully saturated rings. The molecule has 0 bridgehead atoms. The van der Waals surface area contributed by atoms with Gasteiger partial charge in [-0.2, -0.15) is 0 Å². The number of nitrogens with zero attached hydrogens (tertiary/aromatic N) is 1. The Hall–Kier alpha value is -0.600. The first-order chi connectivity index (χ1) is 5.13. The predicted molar refractivity (Wildman–Crippen MR) is 51.7 cm³/mol. The van der Waals surface area contributed by atoms with E-state index in [-0.39, 0.29) is 5.48 Å². The van der Waals surface area contributed by atoms with Crippen molar-refractivity contribution >= 4 is 11.6 Å². The fourth-order valence-corrected chi connectivity index (χ4v) is 1.65. The van der Waals surface area contributed by atoms with E-state index in [1.807, 2.05) is 13.0 Å². The van der Waals surface area contributed by atoms with Crippen LogP contribution in [0, 0.1) is 6.92 Å². The van der Waals surface area contributed by atoms with E-state index in [2.05, 4.69) is 18.8 Å². The lowest BCUT2D eigenvalue weighted by Gasteiger charge is -2.09. The second-order valence-electron chi connectivity index (χ2n) is 2.95. The molecular formula is C9H14ClNO. The molecule has 0 aliphatic heterocycles. The minimum atomic E-state index is 0. The molecule has 0 radical (unpaired) electrons. The zero-order chi connectivity index (χ0) is 8.43. The van der Waals surface area contributed by atoms with Crippen molar-refractivity contribution in [3.63, 3.8) is 0 Å². The molecule has 2 N–H and O–H groups in total. The lowest BCUT2D eigenvalue weighted by Crippen LogP contribution is -1.95. The summed E-state index contributed by atoms with van der Waals surface area (Å²) >= 11 is 5.98. The average molecular weight is 188 g/mol. The van der Waals surface area contributed by atoms with E-state index in [0.29, 0.717) is 5.92 Å². The summed E-state index contributed by atoms with van der Waals surface area (Å²) < 4.78 is 0. The topological polar surface area (TPSA) is 44.4 Å². The number of hydrogen-bond donors (Lipinski definition) is 0. The third-order valence-electron chi connectivity index (χ3n) is 1.71. The molecule has 0 aromatic carbocycles.